The molecule has 0 radical (unpaired) electrons. The van der Waals surface area contributed by atoms with Crippen LogP contribution in [0.25, 0.3) is 0 Å². The van der Waals surface area contributed by atoms with Crippen LogP contribution in [0.3, 0.4) is 0 Å². The van der Waals surface area contributed by atoms with Crippen molar-refractivity contribution < 1.29 is 9.47 Å². The first-order valence-corrected chi connectivity index (χ1v) is 5.64. The lowest BCUT2D eigenvalue weighted by atomic mass is 9.94. The predicted molar refractivity (Wildman–Crippen MR) is 60.9 cm³/mol. The van der Waals surface area contributed by atoms with E-state index in [1.165, 1.54) is 6.42 Å². The molecule has 1 fully saturated rings. The highest BCUT2D eigenvalue weighted by atomic mass is 16.5. The van der Waals surface area contributed by atoms with Gasteiger partial charge in [-0.05, 0) is 26.3 Å². The van der Waals surface area contributed by atoms with E-state index in [4.69, 9.17) is 15.2 Å². The number of piperidine rings is 1. The molecule has 0 aromatic heterocycles. The molecule has 0 saturated carbocycles. The predicted octanol–water partition coefficient (Wildman–Crippen LogP) is 0.461. The lowest BCUT2D eigenvalue weighted by molar-refractivity contribution is -0.0605. The second kappa shape index (κ2) is 5.80. The molecule has 1 aliphatic rings. The van der Waals surface area contributed by atoms with E-state index in [1.54, 1.807) is 14.2 Å². The normalized spacial score (nSPS) is 30.4. The van der Waals surface area contributed by atoms with Gasteiger partial charge in [-0.1, -0.05) is 0 Å². The van der Waals surface area contributed by atoms with Crippen LogP contribution in [-0.4, -0.2) is 57.0 Å². The molecule has 1 aliphatic heterocycles. The molecule has 2 N–H and O–H groups in total. The summed E-state index contributed by atoms with van der Waals surface area (Å²) in [6, 6.07) is 0. The Hall–Kier alpha value is -0.160. The van der Waals surface area contributed by atoms with Crippen molar-refractivity contribution in [1.82, 2.24) is 4.90 Å². The maximum absolute atomic E-state index is 5.62. The average Bonchev–Trinajstić information content (AvgIpc) is 2.26. The number of nitrogens with zero attached hydrogens (tertiary/aromatic N) is 1. The fraction of sp³-hybridized carbons (Fsp3) is 1.00. The summed E-state index contributed by atoms with van der Waals surface area (Å²) in [5, 5.41) is 0. The van der Waals surface area contributed by atoms with Gasteiger partial charge in [0.25, 0.3) is 0 Å². The van der Waals surface area contributed by atoms with Gasteiger partial charge in [0.2, 0.25) is 0 Å². The van der Waals surface area contributed by atoms with Crippen molar-refractivity contribution in [3.63, 3.8) is 0 Å². The van der Waals surface area contributed by atoms with Gasteiger partial charge in [-0.15, -0.1) is 0 Å². The molecule has 2 unspecified atom stereocenters. The van der Waals surface area contributed by atoms with E-state index < -0.39 is 0 Å². The Bertz CT molecular complexity index is 185. The van der Waals surface area contributed by atoms with Gasteiger partial charge in [-0.25, -0.2) is 0 Å². The zero-order chi connectivity index (χ0) is 11.3. The Balaban J connectivity index is 2.42. The Morgan fingerprint density at radius 3 is 2.73 bits per heavy atom. The highest BCUT2D eigenvalue weighted by Gasteiger charge is 2.31. The molecule has 0 amide bonds. The Morgan fingerprint density at radius 2 is 2.20 bits per heavy atom. The fourth-order valence-electron chi connectivity index (χ4n) is 2.16. The number of hydrogen-bond acceptors (Lipinski definition) is 4. The summed E-state index contributed by atoms with van der Waals surface area (Å²) < 4.78 is 10.8. The van der Waals surface area contributed by atoms with Crippen molar-refractivity contribution in [2.75, 3.05) is 40.4 Å². The number of likely N-dealkylation sites (tertiary alicyclic amines) is 1. The molecule has 4 heteroatoms. The third kappa shape index (κ3) is 3.72. The van der Waals surface area contributed by atoms with E-state index in [9.17, 15) is 0 Å². The zero-order valence-corrected chi connectivity index (χ0v) is 10.2. The minimum atomic E-state index is 0.00510. The average molecular weight is 216 g/mol. The molecule has 1 rings (SSSR count). The third-order valence-corrected chi connectivity index (χ3v) is 3.29. The molecule has 2 atom stereocenters. The van der Waals surface area contributed by atoms with Gasteiger partial charge >= 0.3 is 0 Å². The second-order valence-electron chi connectivity index (χ2n) is 4.59. The van der Waals surface area contributed by atoms with Gasteiger partial charge in [-0.2, -0.15) is 0 Å². The summed E-state index contributed by atoms with van der Waals surface area (Å²) in [5.74, 6) is 0. The lowest BCUT2D eigenvalue weighted by Crippen LogP contribution is -2.50. The maximum Gasteiger partial charge on any atom is 0.0820 e. The first-order chi connectivity index (χ1) is 7.13. The van der Waals surface area contributed by atoms with E-state index in [2.05, 4.69) is 11.8 Å². The molecular formula is C11H24N2O2. The number of rotatable bonds is 5. The van der Waals surface area contributed by atoms with Crippen LogP contribution in [0, 0.1) is 0 Å². The van der Waals surface area contributed by atoms with E-state index in [-0.39, 0.29) is 11.7 Å². The number of nitrogens with two attached hydrogens (primary N) is 1. The van der Waals surface area contributed by atoms with Crippen LogP contribution in [0.5, 0.6) is 0 Å². The van der Waals surface area contributed by atoms with Crippen molar-refractivity contribution >= 4 is 0 Å². The summed E-state index contributed by atoms with van der Waals surface area (Å²) >= 11 is 0. The van der Waals surface area contributed by atoms with Gasteiger partial charge < -0.3 is 15.2 Å². The van der Waals surface area contributed by atoms with Crippen LogP contribution in [0.2, 0.25) is 0 Å². The quantitative estimate of drug-likeness (QED) is 0.725. The standard InChI is InChI=1S/C11H24N2O2/c1-11(15-3)5-4-6-13(9-11)8-10(7-12)14-2/h10H,4-9,12H2,1-3H3. The number of hydrogen-bond donors (Lipinski definition) is 1. The maximum atomic E-state index is 5.62. The Kier molecular flexibility index (Phi) is 4.99. The molecular weight excluding hydrogens is 192 g/mol. The molecule has 0 spiro atoms. The summed E-state index contributed by atoms with van der Waals surface area (Å²) in [6.45, 7) is 5.76. The largest absolute Gasteiger partial charge is 0.379 e. The fourth-order valence-corrected chi connectivity index (χ4v) is 2.16. The molecule has 1 saturated heterocycles. The van der Waals surface area contributed by atoms with Crippen LogP contribution in [0.15, 0.2) is 0 Å². The first-order valence-electron chi connectivity index (χ1n) is 5.64. The van der Waals surface area contributed by atoms with Crippen molar-refractivity contribution in [2.24, 2.45) is 5.73 Å². The van der Waals surface area contributed by atoms with Crippen LogP contribution >= 0.6 is 0 Å². The van der Waals surface area contributed by atoms with Gasteiger partial charge in [-0.3, -0.25) is 4.90 Å². The first kappa shape index (κ1) is 12.9. The summed E-state index contributed by atoms with van der Waals surface area (Å²) in [7, 11) is 3.51. The van der Waals surface area contributed by atoms with E-state index >= 15 is 0 Å². The number of ether oxygens (including phenoxy) is 2. The summed E-state index contributed by atoms with van der Waals surface area (Å²) in [4.78, 5) is 2.38. The van der Waals surface area contributed by atoms with Gasteiger partial charge in [0, 0.05) is 33.9 Å². The summed E-state index contributed by atoms with van der Waals surface area (Å²) in [5.41, 5.74) is 5.62. The monoisotopic (exact) mass is 216 g/mol. The van der Waals surface area contributed by atoms with Crippen LogP contribution in [0.4, 0.5) is 0 Å². The molecule has 15 heavy (non-hydrogen) atoms. The van der Waals surface area contributed by atoms with E-state index in [1.807, 2.05) is 0 Å². The molecule has 4 nitrogen and oxygen atoms in total. The smallest absolute Gasteiger partial charge is 0.0820 e. The zero-order valence-electron chi connectivity index (χ0n) is 10.2. The van der Waals surface area contributed by atoms with Crippen molar-refractivity contribution in [2.45, 2.75) is 31.5 Å². The molecule has 0 aromatic rings. The van der Waals surface area contributed by atoms with Gasteiger partial charge in [0.15, 0.2) is 0 Å². The van der Waals surface area contributed by atoms with E-state index in [0.29, 0.717) is 6.54 Å². The minimum absolute atomic E-state index is 0.00510. The molecule has 1 heterocycles. The highest BCUT2D eigenvalue weighted by Crippen LogP contribution is 2.23. The number of methoxy groups -OCH3 is 2. The van der Waals surface area contributed by atoms with Crippen LogP contribution in [-0.2, 0) is 9.47 Å². The van der Waals surface area contributed by atoms with Crippen molar-refractivity contribution in [3.8, 4) is 0 Å². The minimum Gasteiger partial charge on any atom is -0.379 e. The topological polar surface area (TPSA) is 47.7 Å². The van der Waals surface area contributed by atoms with Crippen LogP contribution in [0.1, 0.15) is 19.8 Å². The Morgan fingerprint density at radius 1 is 1.47 bits per heavy atom. The SMILES string of the molecule is COC(CN)CN1CCCC(C)(OC)C1. The third-order valence-electron chi connectivity index (χ3n) is 3.29. The second-order valence-corrected chi connectivity index (χ2v) is 4.59. The lowest BCUT2D eigenvalue weighted by Gasteiger charge is -2.40. The van der Waals surface area contributed by atoms with Gasteiger partial charge in [0.05, 0.1) is 11.7 Å². The van der Waals surface area contributed by atoms with E-state index in [0.717, 1.165) is 26.1 Å². The molecule has 0 aliphatic carbocycles. The highest BCUT2D eigenvalue weighted by molar-refractivity contribution is 4.85. The van der Waals surface area contributed by atoms with Crippen molar-refractivity contribution in [3.05, 3.63) is 0 Å². The Labute approximate surface area is 92.7 Å². The van der Waals surface area contributed by atoms with Gasteiger partial charge in [0.1, 0.15) is 0 Å². The van der Waals surface area contributed by atoms with Crippen LogP contribution < -0.4 is 5.73 Å². The molecule has 90 valence electrons. The summed E-state index contributed by atoms with van der Waals surface area (Å²) in [6.07, 6.45) is 2.47. The van der Waals surface area contributed by atoms with Crippen molar-refractivity contribution in [1.29, 1.82) is 0 Å². The molecule has 0 bridgehead atoms. The molecule has 0 aromatic carbocycles.